The Labute approximate surface area is 105 Å². The lowest BCUT2D eigenvalue weighted by molar-refractivity contribution is 0.418. The maximum atomic E-state index is 2.95. The fraction of sp³-hybridized carbons (Fsp3) is 1.00. The number of hydrogen-bond acceptors (Lipinski definition) is 2. The molecule has 1 saturated heterocycles. The van der Waals surface area contributed by atoms with Crippen LogP contribution in [0.25, 0.3) is 0 Å². The van der Waals surface area contributed by atoms with Gasteiger partial charge < -0.3 is 8.46 Å². The second kappa shape index (κ2) is 4.35. The summed E-state index contributed by atoms with van der Waals surface area (Å²) >= 11 is 0. The summed E-state index contributed by atoms with van der Waals surface area (Å²) in [6.07, 6.45) is 1.38. The van der Waals surface area contributed by atoms with Gasteiger partial charge in [0.05, 0.1) is 0 Å². The van der Waals surface area contributed by atoms with E-state index < -0.39 is 24.9 Å². The largest absolute Gasteiger partial charge is 0.334 e. The van der Waals surface area contributed by atoms with Crippen LogP contribution in [0.3, 0.4) is 0 Å². The molecule has 0 N–H and O–H groups in total. The predicted octanol–water partition coefficient (Wildman–Crippen LogP) is 3.37. The minimum absolute atomic E-state index is 1.14. The Morgan fingerprint density at radius 3 is 1.31 bits per heavy atom. The first-order chi connectivity index (χ1) is 6.97. The van der Waals surface area contributed by atoms with Crippen molar-refractivity contribution in [3.8, 4) is 0 Å². The molecule has 0 unspecified atom stereocenters. The number of hydrogen-bond donors (Lipinski definition) is 0. The molecule has 0 bridgehead atoms. The highest BCUT2D eigenvalue weighted by Crippen LogP contribution is 2.31. The van der Waals surface area contributed by atoms with Crippen LogP contribution in [0, 0.1) is 0 Å². The Hall–Kier alpha value is 0.571. The van der Waals surface area contributed by atoms with Crippen LogP contribution in [0.2, 0.25) is 52.4 Å². The normalized spacial score (nSPS) is 24.8. The molecule has 0 aliphatic carbocycles. The van der Waals surface area contributed by atoms with Crippen LogP contribution in [0.1, 0.15) is 6.42 Å². The molecule has 0 radical (unpaired) electrons. The van der Waals surface area contributed by atoms with Crippen molar-refractivity contribution in [3.63, 3.8) is 0 Å². The quantitative estimate of drug-likeness (QED) is 0.713. The average molecular weight is 275 g/mol. The van der Waals surface area contributed by atoms with Gasteiger partial charge in [-0.25, -0.2) is 0 Å². The molecule has 0 amide bonds. The second-order valence-electron chi connectivity index (χ2n) is 7.49. The maximum absolute atomic E-state index is 2.95. The first kappa shape index (κ1) is 14.6. The fourth-order valence-corrected chi connectivity index (χ4v) is 20.9. The summed E-state index contributed by atoms with van der Waals surface area (Å²) in [5.74, 6) is 0. The molecule has 1 aliphatic rings. The van der Waals surface area contributed by atoms with E-state index in [-0.39, 0.29) is 0 Å². The Bertz CT molecular complexity index is 229. The van der Waals surface area contributed by atoms with Gasteiger partial charge in [0.2, 0.25) is 0 Å². The van der Waals surface area contributed by atoms with Crippen molar-refractivity contribution >= 4 is 24.9 Å². The van der Waals surface area contributed by atoms with Gasteiger partial charge in [0.25, 0.3) is 0 Å². The molecule has 0 aromatic carbocycles. The first-order valence-electron chi connectivity index (χ1n) is 6.53. The molecule has 0 spiro atoms. The summed E-state index contributed by atoms with van der Waals surface area (Å²) in [6.45, 7) is 22.9. The third-order valence-corrected chi connectivity index (χ3v) is 17.8. The van der Waals surface area contributed by atoms with Crippen LogP contribution in [0.5, 0.6) is 0 Å². The number of rotatable bonds is 2. The summed E-state index contributed by atoms with van der Waals surface area (Å²) < 4.78 is 5.89. The van der Waals surface area contributed by atoms with Gasteiger partial charge in [-0.05, 0) is 32.6 Å². The van der Waals surface area contributed by atoms with Crippen molar-refractivity contribution in [2.24, 2.45) is 0 Å². The Kier molecular flexibility index (Phi) is 3.98. The lowest BCUT2D eigenvalue weighted by Gasteiger charge is -2.57. The highest BCUT2D eigenvalue weighted by atomic mass is 28.4. The highest BCUT2D eigenvalue weighted by Gasteiger charge is 2.48. The molecule has 0 saturated carbocycles. The van der Waals surface area contributed by atoms with E-state index in [4.69, 9.17) is 0 Å². The summed E-state index contributed by atoms with van der Waals surface area (Å²) in [4.78, 5) is 0. The molecular formula is C11H30N2Si3. The van der Waals surface area contributed by atoms with E-state index in [1.807, 2.05) is 0 Å². The summed E-state index contributed by atoms with van der Waals surface area (Å²) in [7, 11) is -3.60. The average Bonchev–Trinajstić information content (AvgIpc) is 1.97. The molecule has 1 heterocycles. The van der Waals surface area contributed by atoms with Crippen LogP contribution < -0.4 is 0 Å². The molecule has 0 aromatic heterocycles. The standard InChI is InChI=1S/C11H30N2Si3/c1-14(2,3)12-10-9-11-13(15(4,5)6)16(12,7)8/h9-11H2,1-8H3. The van der Waals surface area contributed by atoms with Gasteiger partial charge in [-0.15, -0.1) is 0 Å². The Balaban J connectivity index is 3.01. The van der Waals surface area contributed by atoms with Crippen molar-refractivity contribution in [1.82, 2.24) is 8.46 Å². The van der Waals surface area contributed by atoms with Crippen LogP contribution in [-0.2, 0) is 0 Å². The van der Waals surface area contributed by atoms with E-state index in [2.05, 4.69) is 60.8 Å². The lowest BCUT2D eigenvalue weighted by atomic mass is 10.4. The van der Waals surface area contributed by atoms with Gasteiger partial charge in [-0.2, -0.15) is 0 Å². The van der Waals surface area contributed by atoms with Crippen molar-refractivity contribution in [2.75, 3.05) is 13.1 Å². The lowest BCUT2D eigenvalue weighted by Crippen LogP contribution is -2.76. The van der Waals surface area contributed by atoms with E-state index in [9.17, 15) is 0 Å². The minimum atomic E-state index is -1.33. The van der Waals surface area contributed by atoms with Crippen LogP contribution in [0.4, 0.5) is 0 Å². The van der Waals surface area contributed by atoms with Gasteiger partial charge in [0.15, 0.2) is 8.40 Å². The molecule has 1 fully saturated rings. The van der Waals surface area contributed by atoms with E-state index in [0.717, 1.165) is 0 Å². The highest BCUT2D eigenvalue weighted by molar-refractivity contribution is 6.95. The Morgan fingerprint density at radius 1 is 0.750 bits per heavy atom. The molecule has 1 rings (SSSR count). The summed E-state index contributed by atoms with van der Waals surface area (Å²) in [6, 6.07) is 0. The SMILES string of the molecule is C[Si](C)(C)N1CCCN([Si](C)(C)C)[Si]1(C)C. The van der Waals surface area contributed by atoms with E-state index in [1.165, 1.54) is 19.5 Å². The third-order valence-electron chi connectivity index (χ3n) is 3.70. The Morgan fingerprint density at radius 2 is 1.06 bits per heavy atom. The van der Waals surface area contributed by atoms with Crippen molar-refractivity contribution in [2.45, 2.75) is 58.8 Å². The summed E-state index contributed by atoms with van der Waals surface area (Å²) in [5.41, 5.74) is 0. The molecule has 2 nitrogen and oxygen atoms in total. The van der Waals surface area contributed by atoms with E-state index in [0.29, 0.717) is 0 Å². The topological polar surface area (TPSA) is 6.48 Å². The van der Waals surface area contributed by atoms with Gasteiger partial charge >= 0.3 is 0 Å². The zero-order valence-corrected chi connectivity index (χ0v) is 15.5. The zero-order chi connectivity index (χ0) is 12.8. The smallest absolute Gasteiger partial charge is 0.187 e. The predicted molar refractivity (Wildman–Crippen MR) is 82.2 cm³/mol. The van der Waals surface area contributed by atoms with Crippen LogP contribution in [0.15, 0.2) is 0 Å². The van der Waals surface area contributed by atoms with Crippen molar-refractivity contribution in [1.29, 1.82) is 0 Å². The fourth-order valence-electron chi connectivity index (χ4n) is 3.39. The van der Waals surface area contributed by atoms with E-state index in [1.54, 1.807) is 0 Å². The first-order valence-corrected chi connectivity index (χ1v) is 16.3. The van der Waals surface area contributed by atoms with E-state index >= 15 is 0 Å². The molecule has 0 aromatic rings. The van der Waals surface area contributed by atoms with Crippen LogP contribution in [-0.4, -0.2) is 46.4 Å². The zero-order valence-electron chi connectivity index (χ0n) is 12.5. The molecule has 16 heavy (non-hydrogen) atoms. The second-order valence-corrected chi connectivity index (χ2v) is 22.2. The summed E-state index contributed by atoms with van der Waals surface area (Å²) in [5, 5.41) is 0. The number of nitrogens with zero attached hydrogens (tertiary/aromatic N) is 2. The van der Waals surface area contributed by atoms with Gasteiger partial charge in [0, 0.05) is 0 Å². The van der Waals surface area contributed by atoms with Crippen molar-refractivity contribution < 1.29 is 0 Å². The molecule has 5 heteroatoms. The molecule has 0 atom stereocenters. The van der Waals surface area contributed by atoms with Gasteiger partial charge in [-0.1, -0.05) is 39.3 Å². The molecule has 1 aliphatic heterocycles. The van der Waals surface area contributed by atoms with Crippen LogP contribution >= 0.6 is 0 Å². The molecule has 96 valence electrons. The monoisotopic (exact) mass is 274 g/mol. The van der Waals surface area contributed by atoms with Crippen molar-refractivity contribution in [3.05, 3.63) is 0 Å². The minimum Gasteiger partial charge on any atom is -0.334 e. The maximum Gasteiger partial charge on any atom is 0.187 e. The van der Waals surface area contributed by atoms with Gasteiger partial charge in [0.1, 0.15) is 16.5 Å². The molecular weight excluding hydrogens is 244 g/mol. The van der Waals surface area contributed by atoms with Gasteiger partial charge in [-0.3, -0.25) is 0 Å². The third kappa shape index (κ3) is 2.87.